The van der Waals surface area contributed by atoms with Crippen LogP contribution in [0.4, 0.5) is 10.1 Å². The third-order valence-electron chi connectivity index (χ3n) is 4.86. The highest BCUT2D eigenvalue weighted by molar-refractivity contribution is 7.89. The van der Waals surface area contributed by atoms with Gasteiger partial charge in [0.05, 0.1) is 17.0 Å². The number of hydrogen-bond acceptors (Lipinski definition) is 4. The molecule has 156 valence electrons. The number of nitrogens with one attached hydrogen (secondary N) is 1. The molecule has 1 heterocycles. The number of carbonyl (C=O) groups is 1. The molecule has 0 radical (unpaired) electrons. The molecule has 1 saturated heterocycles. The Kier molecular flexibility index (Phi) is 6.77. The Morgan fingerprint density at radius 2 is 1.97 bits per heavy atom. The van der Waals surface area contributed by atoms with E-state index in [9.17, 15) is 17.6 Å². The van der Waals surface area contributed by atoms with E-state index in [1.54, 1.807) is 12.1 Å². The molecule has 0 aliphatic carbocycles. The van der Waals surface area contributed by atoms with Crippen LogP contribution in [-0.2, 0) is 14.8 Å². The molecule has 0 spiro atoms. The minimum Gasteiger partial charge on any atom is -0.497 e. The van der Waals surface area contributed by atoms with Crippen LogP contribution in [0.15, 0.2) is 47.4 Å². The summed E-state index contributed by atoms with van der Waals surface area (Å²) in [5.74, 6) is -0.361. The predicted octanol–water partition coefficient (Wildman–Crippen LogP) is 4.06. The minimum absolute atomic E-state index is 0.00435. The van der Waals surface area contributed by atoms with Crippen LogP contribution in [0.25, 0.3) is 0 Å². The molecular weight excluding hydrogens is 419 g/mol. The van der Waals surface area contributed by atoms with Gasteiger partial charge in [0.15, 0.2) is 0 Å². The van der Waals surface area contributed by atoms with Gasteiger partial charge in [-0.2, -0.15) is 4.31 Å². The fraction of sp³-hybridized carbons (Fsp3) is 0.350. The quantitative estimate of drug-likeness (QED) is 0.735. The fourth-order valence-electron chi connectivity index (χ4n) is 3.38. The Bertz CT molecular complexity index is 982. The summed E-state index contributed by atoms with van der Waals surface area (Å²) in [6, 6.07) is 9.63. The molecule has 1 atom stereocenters. The first-order valence-electron chi connectivity index (χ1n) is 9.22. The number of carbonyl (C=O) groups excluding carboxylic acids is 1. The molecule has 0 bridgehead atoms. The second kappa shape index (κ2) is 9.11. The zero-order chi connectivity index (χ0) is 21.0. The molecule has 1 aliphatic heterocycles. The number of piperidine rings is 1. The van der Waals surface area contributed by atoms with Crippen LogP contribution in [0.1, 0.15) is 25.7 Å². The molecule has 2 aromatic carbocycles. The maximum atomic E-state index is 13.3. The third-order valence-corrected chi connectivity index (χ3v) is 7.12. The maximum absolute atomic E-state index is 13.3. The van der Waals surface area contributed by atoms with E-state index >= 15 is 0 Å². The van der Waals surface area contributed by atoms with Gasteiger partial charge >= 0.3 is 0 Å². The highest BCUT2D eigenvalue weighted by atomic mass is 35.5. The minimum atomic E-state index is -3.74. The zero-order valence-electron chi connectivity index (χ0n) is 15.9. The van der Waals surface area contributed by atoms with Crippen molar-refractivity contribution in [1.82, 2.24) is 4.31 Å². The first-order chi connectivity index (χ1) is 13.8. The van der Waals surface area contributed by atoms with Gasteiger partial charge < -0.3 is 10.1 Å². The standard InChI is InChI=1S/C20H22ClFN2O4S/c1-28-16-6-8-17(9-7-16)29(26,27)24-11-3-2-4-15(24)13-20(25)23-14-5-10-19(22)18(21)12-14/h5-10,12,15H,2-4,11,13H2,1H3,(H,23,25). The molecule has 0 saturated carbocycles. The molecule has 6 nitrogen and oxygen atoms in total. The lowest BCUT2D eigenvalue weighted by Crippen LogP contribution is -2.45. The second-order valence-corrected chi connectivity index (χ2v) is 9.12. The molecule has 9 heteroatoms. The Balaban J connectivity index is 1.74. The van der Waals surface area contributed by atoms with Gasteiger partial charge in [-0.15, -0.1) is 0 Å². The van der Waals surface area contributed by atoms with Crippen molar-refractivity contribution >= 4 is 33.2 Å². The monoisotopic (exact) mass is 440 g/mol. The van der Waals surface area contributed by atoms with Crippen LogP contribution in [0.2, 0.25) is 5.02 Å². The molecule has 3 rings (SSSR count). The number of benzene rings is 2. The van der Waals surface area contributed by atoms with E-state index in [1.165, 1.54) is 41.7 Å². The van der Waals surface area contributed by atoms with E-state index < -0.39 is 21.9 Å². The fourth-order valence-corrected chi connectivity index (χ4v) is 5.25. The Morgan fingerprint density at radius 3 is 2.62 bits per heavy atom. The maximum Gasteiger partial charge on any atom is 0.243 e. The molecule has 1 N–H and O–H groups in total. The lowest BCUT2D eigenvalue weighted by molar-refractivity contribution is -0.117. The number of methoxy groups -OCH3 is 1. The van der Waals surface area contributed by atoms with E-state index in [1.807, 2.05) is 0 Å². The number of rotatable bonds is 6. The molecule has 29 heavy (non-hydrogen) atoms. The number of hydrogen-bond donors (Lipinski definition) is 1. The Morgan fingerprint density at radius 1 is 1.24 bits per heavy atom. The van der Waals surface area contributed by atoms with Crippen LogP contribution in [0.3, 0.4) is 0 Å². The predicted molar refractivity (Wildman–Crippen MR) is 109 cm³/mol. The van der Waals surface area contributed by atoms with Crippen LogP contribution >= 0.6 is 11.6 Å². The van der Waals surface area contributed by atoms with Crippen molar-refractivity contribution in [3.8, 4) is 5.75 Å². The van der Waals surface area contributed by atoms with Crippen LogP contribution < -0.4 is 10.1 Å². The molecule has 2 aromatic rings. The molecule has 1 unspecified atom stereocenters. The van der Waals surface area contributed by atoms with Gasteiger partial charge in [0.1, 0.15) is 11.6 Å². The summed E-state index contributed by atoms with van der Waals surface area (Å²) in [7, 11) is -2.23. The molecule has 1 amide bonds. The lowest BCUT2D eigenvalue weighted by Gasteiger charge is -2.34. The zero-order valence-corrected chi connectivity index (χ0v) is 17.5. The van der Waals surface area contributed by atoms with E-state index in [2.05, 4.69) is 5.32 Å². The third kappa shape index (κ3) is 5.07. The van der Waals surface area contributed by atoms with Gasteiger partial charge in [0, 0.05) is 24.7 Å². The highest BCUT2D eigenvalue weighted by Crippen LogP contribution is 2.28. The number of anilines is 1. The van der Waals surface area contributed by atoms with Crippen molar-refractivity contribution < 1.29 is 22.3 Å². The van der Waals surface area contributed by atoms with E-state index in [4.69, 9.17) is 16.3 Å². The molecule has 1 fully saturated rings. The van der Waals surface area contributed by atoms with Crippen LogP contribution in [0.5, 0.6) is 5.75 Å². The summed E-state index contributed by atoms with van der Waals surface area (Å²) in [6.07, 6.45) is 2.17. The first kappa shape index (κ1) is 21.5. The van der Waals surface area contributed by atoms with Gasteiger partial charge in [-0.1, -0.05) is 18.0 Å². The molecular formula is C20H22ClFN2O4S. The van der Waals surface area contributed by atoms with Crippen LogP contribution in [0, 0.1) is 5.82 Å². The van der Waals surface area contributed by atoms with Crippen molar-refractivity contribution in [3.63, 3.8) is 0 Å². The van der Waals surface area contributed by atoms with Crippen molar-refractivity contribution in [2.24, 2.45) is 0 Å². The summed E-state index contributed by atoms with van der Waals surface area (Å²) in [6.45, 7) is 0.356. The van der Waals surface area contributed by atoms with E-state index in [0.29, 0.717) is 24.4 Å². The second-order valence-electron chi connectivity index (χ2n) is 6.82. The van der Waals surface area contributed by atoms with Crippen molar-refractivity contribution in [2.75, 3.05) is 19.0 Å². The van der Waals surface area contributed by atoms with E-state index in [-0.39, 0.29) is 22.2 Å². The lowest BCUT2D eigenvalue weighted by atomic mass is 10.0. The van der Waals surface area contributed by atoms with Gasteiger partial charge in [0.25, 0.3) is 0 Å². The number of amides is 1. The normalized spacial score (nSPS) is 17.7. The molecule has 0 aromatic heterocycles. The van der Waals surface area contributed by atoms with E-state index in [0.717, 1.165) is 12.8 Å². The largest absolute Gasteiger partial charge is 0.497 e. The average Bonchev–Trinajstić information content (AvgIpc) is 2.71. The number of sulfonamides is 1. The summed E-state index contributed by atoms with van der Waals surface area (Å²) < 4.78 is 46.0. The van der Waals surface area contributed by atoms with Gasteiger partial charge in [-0.25, -0.2) is 12.8 Å². The highest BCUT2D eigenvalue weighted by Gasteiger charge is 2.34. The Hall–Kier alpha value is -2.16. The summed E-state index contributed by atoms with van der Waals surface area (Å²) >= 11 is 5.74. The Labute approximate surface area is 174 Å². The van der Waals surface area contributed by atoms with Crippen molar-refractivity contribution in [3.05, 3.63) is 53.3 Å². The number of ether oxygens (including phenoxy) is 1. The number of halogens is 2. The van der Waals surface area contributed by atoms with Gasteiger partial charge in [0.2, 0.25) is 15.9 Å². The SMILES string of the molecule is COc1ccc(S(=O)(=O)N2CCCCC2CC(=O)Nc2ccc(F)c(Cl)c2)cc1. The summed E-state index contributed by atoms with van der Waals surface area (Å²) in [5, 5.41) is 2.56. The van der Waals surface area contributed by atoms with Gasteiger partial charge in [-0.3, -0.25) is 4.79 Å². The summed E-state index contributed by atoms with van der Waals surface area (Å²) in [4.78, 5) is 12.6. The molecule has 1 aliphatic rings. The average molecular weight is 441 g/mol. The topological polar surface area (TPSA) is 75.7 Å². The number of nitrogens with zero attached hydrogens (tertiary/aromatic N) is 1. The summed E-state index contributed by atoms with van der Waals surface area (Å²) in [5.41, 5.74) is 0.363. The first-order valence-corrected chi connectivity index (χ1v) is 11.0. The van der Waals surface area contributed by atoms with Crippen molar-refractivity contribution in [2.45, 2.75) is 36.6 Å². The van der Waals surface area contributed by atoms with Crippen LogP contribution in [-0.4, -0.2) is 38.3 Å². The van der Waals surface area contributed by atoms with Gasteiger partial charge in [-0.05, 0) is 55.3 Å². The van der Waals surface area contributed by atoms with Crippen molar-refractivity contribution in [1.29, 1.82) is 0 Å². The smallest absolute Gasteiger partial charge is 0.243 e.